The van der Waals surface area contributed by atoms with Crippen molar-refractivity contribution in [1.29, 1.82) is 0 Å². The van der Waals surface area contributed by atoms with Gasteiger partial charge in [-0.25, -0.2) is 0 Å². The summed E-state index contributed by atoms with van der Waals surface area (Å²) in [4.78, 5) is 2.68. The van der Waals surface area contributed by atoms with Crippen LogP contribution in [0, 0.1) is 0 Å². The summed E-state index contributed by atoms with van der Waals surface area (Å²) in [6.45, 7) is 10.6. The summed E-state index contributed by atoms with van der Waals surface area (Å²) in [6.07, 6.45) is 8.42. The number of likely N-dealkylation sites (N-methyl/N-ethyl adjacent to an activating group) is 1. The Hall–Kier alpha value is -0.0800. The highest BCUT2D eigenvalue weighted by Gasteiger charge is 2.26. The largest absolute Gasteiger partial charge is 0.314 e. The highest BCUT2D eigenvalue weighted by Crippen LogP contribution is 2.15. The lowest BCUT2D eigenvalue weighted by atomic mass is 10.0. The van der Waals surface area contributed by atoms with Crippen LogP contribution in [-0.2, 0) is 0 Å². The molecule has 16 heavy (non-hydrogen) atoms. The van der Waals surface area contributed by atoms with Crippen molar-refractivity contribution < 1.29 is 0 Å². The monoisotopic (exact) mass is 226 g/mol. The van der Waals surface area contributed by atoms with Gasteiger partial charge in [-0.1, -0.05) is 46.0 Å². The zero-order chi connectivity index (χ0) is 11.8. The highest BCUT2D eigenvalue weighted by molar-refractivity contribution is 4.86. The molecule has 1 fully saturated rings. The lowest BCUT2D eigenvalue weighted by Crippen LogP contribution is -2.59. The van der Waals surface area contributed by atoms with Crippen molar-refractivity contribution in [3.8, 4) is 0 Å². The van der Waals surface area contributed by atoms with E-state index >= 15 is 0 Å². The molecule has 1 aliphatic heterocycles. The summed E-state index contributed by atoms with van der Waals surface area (Å²) >= 11 is 0. The van der Waals surface area contributed by atoms with Gasteiger partial charge in [0, 0.05) is 25.2 Å². The zero-order valence-electron chi connectivity index (χ0n) is 11.5. The molecule has 2 heteroatoms. The zero-order valence-corrected chi connectivity index (χ0v) is 11.5. The van der Waals surface area contributed by atoms with Crippen LogP contribution in [0.2, 0.25) is 0 Å². The second kappa shape index (κ2) is 8.08. The second-order valence-corrected chi connectivity index (χ2v) is 5.19. The van der Waals surface area contributed by atoms with Gasteiger partial charge in [0.2, 0.25) is 0 Å². The molecule has 0 saturated carbocycles. The number of nitrogens with zero attached hydrogens (tertiary/aromatic N) is 1. The van der Waals surface area contributed by atoms with E-state index in [1.165, 1.54) is 58.2 Å². The summed E-state index contributed by atoms with van der Waals surface area (Å²) in [6, 6.07) is 1.59. The van der Waals surface area contributed by atoms with Gasteiger partial charge in [0.25, 0.3) is 0 Å². The maximum absolute atomic E-state index is 3.37. The van der Waals surface area contributed by atoms with Crippen molar-refractivity contribution in [2.24, 2.45) is 0 Å². The molecule has 0 aromatic rings. The van der Waals surface area contributed by atoms with Crippen LogP contribution in [0.3, 0.4) is 0 Å². The molecule has 2 nitrogen and oxygen atoms in total. The molecule has 96 valence electrons. The quantitative estimate of drug-likeness (QED) is 0.608. The Morgan fingerprint density at radius 2 is 1.81 bits per heavy atom. The van der Waals surface area contributed by atoms with E-state index in [0.29, 0.717) is 0 Å². The summed E-state index contributed by atoms with van der Waals surface area (Å²) in [5.41, 5.74) is 0. The standard InChI is InChI=1S/C14H30N2/c1-4-6-7-8-9-10-13(3)16(5-2)14-11-15-12-14/h13-15H,4-12H2,1-3H3. The van der Waals surface area contributed by atoms with Gasteiger partial charge in [-0.3, -0.25) is 4.90 Å². The van der Waals surface area contributed by atoms with Gasteiger partial charge in [-0.15, -0.1) is 0 Å². The maximum atomic E-state index is 3.37. The van der Waals surface area contributed by atoms with Crippen LogP contribution in [0.15, 0.2) is 0 Å². The third-order valence-electron chi connectivity index (χ3n) is 3.89. The van der Waals surface area contributed by atoms with Gasteiger partial charge < -0.3 is 5.32 Å². The predicted octanol–water partition coefficient (Wildman–Crippen LogP) is 3.03. The normalized spacial score (nSPS) is 18.8. The van der Waals surface area contributed by atoms with Crippen molar-refractivity contribution in [3.05, 3.63) is 0 Å². The Balaban J connectivity index is 2.09. The Morgan fingerprint density at radius 3 is 2.31 bits per heavy atom. The van der Waals surface area contributed by atoms with Gasteiger partial charge in [-0.05, 0) is 19.9 Å². The first-order chi connectivity index (χ1) is 7.79. The fourth-order valence-corrected chi connectivity index (χ4v) is 2.65. The van der Waals surface area contributed by atoms with Gasteiger partial charge in [0.1, 0.15) is 0 Å². The van der Waals surface area contributed by atoms with E-state index < -0.39 is 0 Å². The number of hydrogen-bond acceptors (Lipinski definition) is 2. The van der Waals surface area contributed by atoms with Gasteiger partial charge in [-0.2, -0.15) is 0 Å². The fraction of sp³-hybridized carbons (Fsp3) is 1.00. The number of unbranched alkanes of at least 4 members (excludes halogenated alkanes) is 4. The molecule has 0 spiro atoms. The third-order valence-corrected chi connectivity index (χ3v) is 3.89. The van der Waals surface area contributed by atoms with E-state index in [4.69, 9.17) is 0 Å². The summed E-state index contributed by atoms with van der Waals surface area (Å²) < 4.78 is 0. The molecule has 0 bridgehead atoms. The average Bonchev–Trinajstić information content (AvgIpc) is 2.22. The lowest BCUT2D eigenvalue weighted by molar-refractivity contribution is 0.103. The van der Waals surface area contributed by atoms with Crippen LogP contribution in [0.4, 0.5) is 0 Å². The topological polar surface area (TPSA) is 15.3 Å². The van der Waals surface area contributed by atoms with Crippen molar-refractivity contribution in [2.45, 2.75) is 71.4 Å². The summed E-state index contributed by atoms with van der Waals surface area (Å²) in [7, 11) is 0. The van der Waals surface area contributed by atoms with Crippen LogP contribution in [0.25, 0.3) is 0 Å². The maximum Gasteiger partial charge on any atom is 0.0348 e. The third kappa shape index (κ3) is 4.42. The van der Waals surface area contributed by atoms with Crippen LogP contribution < -0.4 is 5.32 Å². The van der Waals surface area contributed by atoms with Crippen LogP contribution in [-0.4, -0.2) is 36.6 Å². The van der Waals surface area contributed by atoms with Crippen molar-refractivity contribution in [3.63, 3.8) is 0 Å². The molecule has 1 rings (SSSR count). The van der Waals surface area contributed by atoms with Gasteiger partial charge in [0.15, 0.2) is 0 Å². The Kier molecular flexibility index (Phi) is 7.06. The minimum absolute atomic E-state index is 0.777. The van der Waals surface area contributed by atoms with Crippen molar-refractivity contribution in [1.82, 2.24) is 10.2 Å². The molecule has 0 radical (unpaired) electrons. The minimum atomic E-state index is 0.777. The van der Waals surface area contributed by atoms with E-state index in [-0.39, 0.29) is 0 Å². The van der Waals surface area contributed by atoms with E-state index in [2.05, 4.69) is 31.0 Å². The first-order valence-electron chi connectivity index (χ1n) is 7.26. The van der Waals surface area contributed by atoms with E-state index in [1.54, 1.807) is 0 Å². The minimum Gasteiger partial charge on any atom is -0.314 e. The van der Waals surface area contributed by atoms with E-state index in [9.17, 15) is 0 Å². The molecule has 0 amide bonds. The number of nitrogens with one attached hydrogen (secondary N) is 1. The highest BCUT2D eigenvalue weighted by atomic mass is 15.2. The molecule has 0 aliphatic carbocycles. The Labute approximate surface area is 102 Å². The second-order valence-electron chi connectivity index (χ2n) is 5.19. The molecule has 1 aliphatic rings. The molecule has 1 heterocycles. The number of hydrogen-bond donors (Lipinski definition) is 1. The van der Waals surface area contributed by atoms with Crippen LogP contribution in [0.5, 0.6) is 0 Å². The predicted molar refractivity (Wildman–Crippen MR) is 71.9 cm³/mol. The van der Waals surface area contributed by atoms with Crippen LogP contribution in [0.1, 0.15) is 59.3 Å². The molecular formula is C14H30N2. The van der Waals surface area contributed by atoms with E-state index in [1.807, 2.05) is 0 Å². The van der Waals surface area contributed by atoms with E-state index in [0.717, 1.165) is 12.1 Å². The molecule has 1 N–H and O–H groups in total. The Bertz CT molecular complexity index is 166. The number of rotatable bonds is 9. The van der Waals surface area contributed by atoms with Crippen molar-refractivity contribution in [2.75, 3.05) is 19.6 Å². The van der Waals surface area contributed by atoms with Gasteiger partial charge in [0.05, 0.1) is 0 Å². The lowest BCUT2D eigenvalue weighted by Gasteiger charge is -2.41. The smallest absolute Gasteiger partial charge is 0.0348 e. The molecular weight excluding hydrogens is 196 g/mol. The average molecular weight is 226 g/mol. The van der Waals surface area contributed by atoms with Crippen molar-refractivity contribution >= 4 is 0 Å². The SMILES string of the molecule is CCCCCCCC(C)N(CC)C1CNC1. The molecule has 1 saturated heterocycles. The molecule has 1 atom stereocenters. The first kappa shape index (κ1) is 14.0. The molecule has 0 aromatic carbocycles. The molecule has 1 unspecified atom stereocenters. The summed E-state index contributed by atoms with van der Waals surface area (Å²) in [5.74, 6) is 0. The van der Waals surface area contributed by atoms with Crippen LogP contribution >= 0.6 is 0 Å². The van der Waals surface area contributed by atoms with Gasteiger partial charge >= 0.3 is 0 Å². The first-order valence-corrected chi connectivity index (χ1v) is 7.26. The molecule has 0 aromatic heterocycles. The summed E-state index contributed by atoms with van der Waals surface area (Å²) in [5, 5.41) is 3.37. The Morgan fingerprint density at radius 1 is 1.12 bits per heavy atom. The fourth-order valence-electron chi connectivity index (χ4n) is 2.65.